The fourth-order valence-electron chi connectivity index (χ4n) is 3.80. The SMILES string of the molecule is CC[C@H](C)Oc1ccc(NC(=O)C2(c3ccc(F)cc3)CCCC2)cc1C. The summed E-state index contributed by atoms with van der Waals surface area (Å²) >= 11 is 0. The summed E-state index contributed by atoms with van der Waals surface area (Å²) in [5, 5.41) is 3.08. The Kier molecular flexibility index (Phi) is 5.83. The lowest BCUT2D eigenvalue weighted by Gasteiger charge is -2.28. The lowest BCUT2D eigenvalue weighted by Crippen LogP contribution is -2.38. The third-order valence-electron chi connectivity index (χ3n) is 5.62. The molecule has 1 fully saturated rings. The van der Waals surface area contributed by atoms with Crippen LogP contribution in [0.15, 0.2) is 42.5 Å². The van der Waals surface area contributed by atoms with E-state index in [2.05, 4.69) is 12.2 Å². The van der Waals surface area contributed by atoms with Crippen LogP contribution >= 0.6 is 0 Å². The van der Waals surface area contributed by atoms with Crippen molar-refractivity contribution in [3.63, 3.8) is 0 Å². The fourth-order valence-corrected chi connectivity index (χ4v) is 3.80. The maximum Gasteiger partial charge on any atom is 0.235 e. The van der Waals surface area contributed by atoms with Gasteiger partial charge in [0.25, 0.3) is 0 Å². The number of anilines is 1. The molecule has 0 radical (unpaired) electrons. The molecule has 0 aliphatic heterocycles. The molecule has 2 aromatic rings. The molecule has 0 bridgehead atoms. The van der Waals surface area contributed by atoms with E-state index >= 15 is 0 Å². The van der Waals surface area contributed by atoms with Gasteiger partial charge >= 0.3 is 0 Å². The van der Waals surface area contributed by atoms with Crippen LogP contribution in [0.1, 0.15) is 57.1 Å². The highest BCUT2D eigenvalue weighted by molar-refractivity contribution is 5.99. The Bertz CT molecular complexity index is 795. The molecule has 1 N–H and O–H groups in total. The number of hydrogen-bond donors (Lipinski definition) is 1. The second-order valence-corrected chi connectivity index (χ2v) is 7.57. The van der Waals surface area contributed by atoms with Crippen molar-refractivity contribution in [2.24, 2.45) is 0 Å². The molecule has 0 aromatic heterocycles. The van der Waals surface area contributed by atoms with E-state index < -0.39 is 5.41 Å². The van der Waals surface area contributed by atoms with Crippen molar-refractivity contribution in [3.05, 3.63) is 59.4 Å². The highest BCUT2D eigenvalue weighted by Crippen LogP contribution is 2.42. The van der Waals surface area contributed by atoms with Gasteiger partial charge in [-0.25, -0.2) is 4.39 Å². The lowest BCUT2D eigenvalue weighted by atomic mass is 9.78. The first-order valence-electron chi connectivity index (χ1n) is 9.79. The maximum atomic E-state index is 13.3. The zero-order valence-electron chi connectivity index (χ0n) is 16.3. The molecule has 2 aromatic carbocycles. The topological polar surface area (TPSA) is 38.3 Å². The number of aryl methyl sites for hydroxylation is 1. The van der Waals surface area contributed by atoms with Gasteiger partial charge in [-0.2, -0.15) is 0 Å². The number of amides is 1. The second-order valence-electron chi connectivity index (χ2n) is 7.57. The molecular formula is C23H28FNO2. The van der Waals surface area contributed by atoms with E-state index in [1.165, 1.54) is 12.1 Å². The summed E-state index contributed by atoms with van der Waals surface area (Å²) in [7, 11) is 0. The summed E-state index contributed by atoms with van der Waals surface area (Å²) in [5.74, 6) is 0.554. The van der Waals surface area contributed by atoms with E-state index in [9.17, 15) is 9.18 Å². The molecule has 1 aliphatic rings. The van der Waals surface area contributed by atoms with Gasteiger partial charge in [0.05, 0.1) is 11.5 Å². The smallest absolute Gasteiger partial charge is 0.235 e. The van der Waals surface area contributed by atoms with Gasteiger partial charge in [-0.1, -0.05) is 31.9 Å². The Labute approximate surface area is 160 Å². The second kappa shape index (κ2) is 8.12. The van der Waals surface area contributed by atoms with Crippen LogP contribution in [0.2, 0.25) is 0 Å². The molecule has 1 amide bonds. The van der Waals surface area contributed by atoms with Crippen LogP contribution in [0, 0.1) is 12.7 Å². The van der Waals surface area contributed by atoms with E-state index in [0.29, 0.717) is 0 Å². The third-order valence-corrected chi connectivity index (χ3v) is 5.62. The van der Waals surface area contributed by atoms with Gasteiger partial charge in [-0.15, -0.1) is 0 Å². The molecule has 3 nitrogen and oxygen atoms in total. The molecule has 0 saturated heterocycles. The number of ether oxygens (including phenoxy) is 1. The minimum absolute atomic E-state index is 0.0124. The Morgan fingerprint density at radius 2 is 1.85 bits per heavy atom. The van der Waals surface area contributed by atoms with E-state index in [-0.39, 0.29) is 17.8 Å². The molecule has 1 aliphatic carbocycles. The highest BCUT2D eigenvalue weighted by atomic mass is 19.1. The molecule has 1 saturated carbocycles. The predicted molar refractivity (Wildman–Crippen MR) is 107 cm³/mol. The van der Waals surface area contributed by atoms with Crippen molar-refractivity contribution >= 4 is 11.6 Å². The molecule has 4 heteroatoms. The Balaban J connectivity index is 1.80. The summed E-state index contributed by atoms with van der Waals surface area (Å²) in [4.78, 5) is 13.2. The number of halogens is 1. The van der Waals surface area contributed by atoms with E-state index in [1.54, 1.807) is 12.1 Å². The van der Waals surface area contributed by atoms with Gasteiger partial charge in [-0.3, -0.25) is 4.79 Å². The van der Waals surface area contributed by atoms with E-state index in [4.69, 9.17) is 4.74 Å². The van der Waals surface area contributed by atoms with Crippen LogP contribution in [0.4, 0.5) is 10.1 Å². The van der Waals surface area contributed by atoms with Crippen molar-refractivity contribution in [3.8, 4) is 5.75 Å². The largest absolute Gasteiger partial charge is 0.490 e. The van der Waals surface area contributed by atoms with Gasteiger partial charge in [0.15, 0.2) is 0 Å². The normalized spacial score (nSPS) is 16.7. The van der Waals surface area contributed by atoms with Crippen LogP contribution < -0.4 is 10.1 Å². The van der Waals surface area contributed by atoms with Crippen molar-refractivity contribution in [2.45, 2.75) is 64.4 Å². The molecule has 3 rings (SSSR count). The average molecular weight is 369 g/mol. The quantitative estimate of drug-likeness (QED) is 0.703. The van der Waals surface area contributed by atoms with Crippen molar-refractivity contribution in [2.75, 3.05) is 5.32 Å². The van der Waals surface area contributed by atoms with Crippen LogP contribution in [0.5, 0.6) is 5.75 Å². The first-order chi connectivity index (χ1) is 12.9. The van der Waals surface area contributed by atoms with Gasteiger partial charge in [-0.05, 0) is 74.6 Å². The maximum absolute atomic E-state index is 13.3. The van der Waals surface area contributed by atoms with E-state index in [1.807, 2.05) is 32.0 Å². The minimum Gasteiger partial charge on any atom is -0.490 e. The predicted octanol–water partition coefficient (Wildman–Crippen LogP) is 5.76. The van der Waals surface area contributed by atoms with Crippen LogP contribution in [0.25, 0.3) is 0 Å². The zero-order chi connectivity index (χ0) is 19.4. The third kappa shape index (κ3) is 4.15. The fraction of sp³-hybridized carbons (Fsp3) is 0.435. The number of carbonyl (C=O) groups is 1. The number of rotatable bonds is 6. The first kappa shape index (κ1) is 19.4. The molecular weight excluding hydrogens is 341 g/mol. The van der Waals surface area contributed by atoms with Crippen LogP contribution in [0.3, 0.4) is 0 Å². The number of hydrogen-bond acceptors (Lipinski definition) is 2. The first-order valence-corrected chi connectivity index (χ1v) is 9.79. The number of benzene rings is 2. The Hall–Kier alpha value is -2.36. The monoisotopic (exact) mass is 369 g/mol. The average Bonchev–Trinajstić information content (AvgIpc) is 3.15. The number of nitrogens with one attached hydrogen (secondary N) is 1. The molecule has 144 valence electrons. The van der Waals surface area contributed by atoms with Crippen LogP contribution in [-0.2, 0) is 10.2 Å². The van der Waals surface area contributed by atoms with Crippen molar-refractivity contribution in [1.82, 2.24) is 0 Å². The van der Waals surface area contributed by atoms with E-state index in [0.717, 1.165) is 54.7 Å². The summed E-state index contributed by atoms with van der Waals surface area (Å²) in [6, 6.07) is 12.1. The number of carbonyl (C=O) groups excluding carboxylic acids is 1. The summed E-state index contributed by atoms with van der Waals surface area (Å²) in [6.45, 7) is 6.12. The summed E-state index contributed by atoms with van der Waals surface area (Å²) in [6.07, 6.45) is 4.69. The van der Waals surface area contributed by atoms with Crippen molar-refractivity contribution in [1.29, 1.82) is 0 Å². The molecule has 0 heterocycles. The lowest BCUT2D eigenvalue weighted by molar-refractivity contribution is -0.121. The Morgan fingerprint density at radius 3 is 2.44 bits per heavy atom. The minimum atomic E-state index is -0.576. The van der Waals surface area contributed by atoms with Gasteiger partial charge in [0.2, 0.25) is 5.91 Å². The molecule has 1 atom stereocenters. The molecule has 0 unspecified atom stereocenters. The van der Waals surface area contributed by atoms with Crippen LogP contribution in [-0.4, -0.2) is 12.0 Å². The zero-order valence-corrected chi connectivity index (χ0v) is 16.3. The van der Waals surface area contributed by atoms with Gasteiger partial charge in [0.1, 0.15) is 11.6 Å². The van der Waals surface area contributed by atoms with Crippen molar-refractivity contribution < 1.29 is 13.9 Å². The molecule has 27 heavy (non-hydrogen) atoms. The van der Waals surface area contributed by atoms with Gasteiger partial charge < -0.3 is 10.1 Å². The summed E-state index contributed by atoms with van der Waals surface area (Å²) in [5.41, 5.74) is 2.08. The summed E-state index contributed by atoms with van der Waals surface area (Å²) < 4.78 is 19.2. The molecule has 0 spiro atoms. The highest BCUT2D eigenvalue weighted by Gasteiger charge is 2.42. The Morgan fingerprint density at radius 1 is 1.19 bits per heavy atom. The standard InChI is InChI=1S/C23H28FNO2/c1-4-17(3)27-21-12-11-20(15-16(21)2)25-22(26)23(13-5-6-14-23)18-7-9-19(24)10-8-18/h7-12,15,17H,4-6,13-14H2,1-3H3,(H,25,26)/t17-/m0/s1. The van der Waals surface area contributed by atoms with Gasteiger partial charge in [0, 0.05) is 5.69 Å².